The quantitative estimate of drug-likeness (QED) is 0.850. The molecule has 2 amide bonds. The molecule has 26 heavy (non-hydrogen) atoms. The maximum Gasteiger partial charge on any atom is 0.321 e. The SMILES string of the molecule is CS(=O)(=O)Nc1ccc(NC(=O)N2CCN(c3ccccn3)CC2)cc1. The topological polar surface area (TPSA) is 94.6 Å². The molecule has 1 saturated heterocycles. The first-order valence-electron chi connectivity index (χ1n) is 8.20. The molecule has 2 heterocycles. The summed E-state index contributed by atoms with van der Waals surface area (Å²) in [6, 6.07) is 12.2. The van der Waals surface area contributed by atoms with Gasteiger partial charge in [0.1, 0.15) is 5.82 Å². The zero-order valence-corrected chi connectivity index (χ0v) is 15.2. The van der Waals surface area contributed by atoms with Crippen LogP contribution in [0.3, 0.4) is 0 Å². The standard InChI is InChI=1S/C17H21N5O3S/c1-26(24,25)20-15-7-5-14(6-8-15)19-17(23)22-12-10-21(11-13-22)16-4-2-3-9-18-16/h2-9,20H,10-13H2,1H3,(H,19,23). The number of carbonyl (C=O) groups is 1. The second-order valence-electron chi connectivity index (χ2n) is 6.04. The van der Waals surface area contributed by atoms with E-state index in [1.54, 1.807) is 35.4 Å². The Labute approximate surface area is 152 Å². The lowest BCUT2D eigenvalue weighted by molar-refractivity contribution is 0.208. The van der Waals surface area contributed by atoms with Crippen LogP contribution in [0.15, 0.2) is 48.7 Å². The molecule has 1 aromatic carbocycles. The van der Waals surface area contributed by atoms with Gasteiger partial charge in [-0.1, -0.05) is 6.07 Å². The number of amides is 2. The fourth-order valence-corrected chi connectivity index (χ4v) is 3.28. The first-order chi connectivity index (χ1) is 12.4. The van der Waals surface area contributed by atoms with Crippen LogP contribution in [0.5, 0.6) is 0 Å². The second-order valence-corrected chi connectivity index (χ2v) is 7.79. The van der Waals surface area contributed by atoms with Crippen molar-refractivity contribution in [2.24, 2.45) is 0 Å². The maximum atomic E-state index is 12.4. The fraction of sp³-hybridized carbons (Fsp3) is 0.294. The molecule has 1 fully saturated rings. The second kappa shape index (κ2) is 7.61. The van der Waals surface area contributed by atoms with Gasteiger partial charge in [-0.2, -0.15) is 0 Å². The van der Waals surface area contributed by atoms with Gasteiger partial charge in [0.25, 0.3) is 0 Å². The average molecular weight is 375 g/mol. The molecule has 3 rings (SSSR count). The number of benzene rings is 1. The van der Waals surface area contributed by atoms with Crippen LogP contribution in [-0.2, 0) is 10.0 Å². The number of nitrogens with one attached hydrogen (secondary N) is 2. The Morgan fingerprint density at radius 3 is 2.23 bits per heavy atom. The van der Waals surface area contributed by atoms with Gasteiger partial charge in [-0.3, -0.25) is 4.72 Å². The summed E-state index contributed by atoms with van der Waals surface area (Å²) in [6.07, 6.45) is 2.85. The van der Waals surface area contributed by atoms with Crippen LogP contribution in [0, 0.1) is 0 Å². The molecular weight excluding hydrogens is 354 g/mol. The molecule has 1 aliphatic rings. The van der Waals surface area contributed by atoms with Crippen molar-refractivity contribution in [3.05, 3.63) is 48.7 Å². The number of anilines is 3. The molecule has 0 unspecified atom stereocenters. The van der Waals surface area contributed by atoms with E-state index in [1.807, 2.05) is 18.2 Å². The van der Waals surface area contributed by atoms with Gasteiger partial charge in [-0.15, -0.1) is 0 Å². The van der Waals surface area contributed by atoms with E-state index in [4.69, 9.17) is 0 Å². The van der Waals surface area contributed by atoms with Crippen molar-refractivity contribution in [2.75, 3.05) is 47.4 Å². The highest BCUT2D eigenvalue weighted by Gasteiger charge is 2.21. The van der Waals surface area contributed by atoms with Crippen LogP contribution in [0.4, 0.5) is 22.0 Å². The van der Waals surface area contributed by atoms with Crippen molar-refractivity contribution in [1.82, 2.24) is 9.88 Å². The molecule has 0 radical (unpaired) electrons. The molecular formula is C17H21N5O3S. The number of urea groups is 1. The molecule has 1 aliphatic heterocycles. The van der Waals surface area contributed by atoms with Crippen LogP contribution < -0.4 is 14.9 Å². The number of rotatable bonds is 4. The molecule has 1 aromatic heterocycles. The summed E-state index contributed by atoms with van der Waals surface area (Å²) in [4.78, 5) is 20.6. The largest absolute Gasteiger partial charge is 0.353 e. The lowest BCUT2D eigenvalue weighted by Crippen LogP contribution is -2.50. The highest BCUT2D eigenvalue weighted by Crippen LogP contribution is 2.16. The summed E-state index contributed by atoms with van der Waals surface area (Å²) in [7, 11) is -3.31. The summed E-state index contributed by atoms with van der Waals surface area (Å²) in [5, 5.41) is 2.83. The highest BCUT2D eigenvalue weighted by atomic mass is 32.2. The van der Waals surface area contributed by atoms with Gasteiger partial charge < -0.3 is 15.1 Å². The minimum Gasteiger partial charge on any atom is -0.353 e. The lowest BCUT2D eigenvalue weighted by Gasteiger charge is -2.35. The van der Waals surface area contributed by atoms with Gasteiger partial charge in [0.15, 0.2) is 0 Å². The average Bonchev–Trinajstić information content (AvgIpc) is 2.63. The van der Waals surface area contributed by atoms with Crippen LogP contribution in [0.25, 0.3) is 0 Å². The number of nitrogens with zero attached hydrogens (tertiary/aromatic N) is 3. The van der Waals surface area contributed by atoms with Crippen LogP contribution in [0.1, 0.15) is 0 Å². The molecule has 138 valence electrons. The molecule has 0 spiro atoms. The zero-order chi connectivity index (χ0) is 18.6. The van der Waals surface area contributed by atoms with E-state index < -0.39 is 10.0 Å². The number of piperazine rings is 1. The van der Waals surface area contributed by atoms with Crippen LogP contribution in [0.2, 0.25) is 0 Å². The summed E-state index contributed by atoms with van der Waals surface area (Å²) in [5.74, 6) is 0.918. The number of aromatic nitrogens is 1. The normalized spacial score (nSPS) is 14.8. The predicted molar refractivity (Wildman–Crippen MR) is 102 cm³/mol. The summed E-state index contributed by atoms with van der Waals surface area (Å²) >= 11 is 0. The van der Waals surface area contributed by atoms with Crippen LogP contribution in [-0.4, -0.2) is 56.8 Å². The van der Waals surface area contributed by atoms with E-state index >= 15 is 0 Å². The van der Waals surface area contributed by atoms with Gasteiger partial charge in [0, 0.05) is 43.8 Å². The van der Waals surface area contributed by atoms with Crippen molar-refractivity contribution in [2.45, 2.75) is 0 Å². The van der Waals surface area contributed by atoms with Gasteiger partial charge >= 0.3 is 6.03 Å². The van der Waals surface area contributed by atoms with E-state index in [2.05, 4.69) is 19.9 Å². The van der Waals surface area contributed by atoms with Gasteiger partial charge in [0.2, 0.25) is 10.0 Å². The Morgan fingerprint density at radius 1 is 1.00 bits per heavy atom. The van der Waals surface area contributed by atoms with E-state index in [9.17, 15) is 13.2 Å². The zero-order valence-electron chi connectivity index (χ0n) is 14.4. The van der Waals surface area contributed by atoms with Crippen molar-refractivity contribution in [3.8, 4) is 0 Å². The Balaban J connectivity index is 1.53. The Bertz CT molecular complexity index is 848. The van der Waals surface area contributed by atoms with Crippen molar-refractivity contribution in [1.29, 1.82) is 0 Å². The monoisotopic (exact) mass is 375 g/mol. The van der Waals surface area contributed by atoms with Crippen molar-refractivity contribution < 1.29 is 13.2 Å². The number of hydrogen-bond donors (Lipinski definition) is 2. The molecule has 8 nitrogen and oxygen atoms in total. The minimum atomic E-state index is -3.31. The summed E-state index contributed by atoms with van der Waals surface area (Å²) < 4.78 is 24.8. The Kier molecular flexibility index (Phi) is 5.27. The molecule has 0 saturated carbocycles. The number of pyridine rings is 1. The van der Waals surface area contributed by atoms with E-state index in [0.29, 0.717) is 24.5 Å². The molecule has 0 bridgehead atoms. The third kappa shape index (κ3) is 4.85. The minimum absolute atomic E-state index is 0.172. The van der Waals surface area contributed by atoms with E-state index in [0.717, 1.165) is 25.2 Å². The number of sulfonamides is 1. The lowest BCUT2D eigenvalue weighted by atomic mass is 10.3. The third-order valence-electron chi connectivity index (χ3n) is 3.98. The number of carbonyl (C=O) groups excluding carboxylic acids is 1. The first-order valence-corrected chi connectivity index (χ1v) is 10.1. The Morgan fingerprint density at radius 2 is 1.65 bits per heavy atom. The van der Waals surface area contributed by atoms with Gasteiger partial charge in [-0.25, -0.2) is 18.2 Å². The van der Waals surface area contributed by atoms with E-state index in [-0.39, 0.29) is 6.03 Å². The Hall–Kier alpha value is -2.81. The van der Waals surface area contributed by atoms with Crippen molar-refractivity contribution in [3.63, 3.8) is 0 Å². The smallest absolute Gasteiger partial charge is 0.321 e. The van der Waals surface area contributed by atoms with E-state index in [1.165, 1.54) is 0 Å². The maximum absolute atomic E-state index is 12.4. The molecule has 9 heteroatoms. The fourth-order valence-electron chi connectivity index (χ4n) is 2.72. The number of hydrogen-bond acceptors (Lipinski definition) is 5. The van der Waals surface area contributed by atoms with Crippen molar-refractivity contribution >= 4 is 33.2 Å². The predicted octanol–water partition coefficient (Wildman–Crippen LogP) is 1.81. The van der Waals surface area contributed by atoms with Gasteiger partial charge in [-0.05, 0) is 36.4 Å². The molecule has 0 aliphatic carbocycles. The third-order valence-corrected chi connectivity index (χ3v) is 4.59. The van der Waals surface area contributed by atoms with Gasteiger partial charge in [0.05, 0.1) is 6.26 Å². The summed E-state index contributed by atoms with van der Waals surface area (Å²) in [6.45, 7) is 2.66. The summed E-state index contributed by atoms with van der Waals surface area (Å²) in [5.41, 5.74) is 1.07. The molecule has 2 aromatic rings. The molecule has 2 N–H and O–H groups in total. The van der Waals surface area contributed by atoms with Crippen LogP contribution >= 0.6 is 0 Å². The molecule has 0 atom stereocenters. The highest BCUT2D eigenvalue weighted by molar-refractivity contribution is 7.92. The first kappa shape index (κ1) is 18.0.